The highest BCUT2D eigenvalue weighted by Gasteiger charge is 2.26. The van der Waals surface area contributed by atoms with E-state index in [9.17, 15) is 14.0 Å². The van der Waals surface area contributed by atoms with Crippen molar-refractivity contribution in [3.05, 3.63) is 101 Å². The van der Waals surface area contributed by atoms with Gasteiger partial charge in [-0.3, -0.25) is 0 Å². The fourth-order valence-corrected chi connectivity index (χ4v) is 3.96. The van der Waals surface area contributed by atoms with Gasteiger partial charge in [-0.05, 0) is 79.7 Å². The van der Waals surface area contributed by atoms with Crippen LogP contribution in [0.15, 0.2) is 90.0 Å². The zero-order valence-electron chi connectivity index (χ0n) is 26.3. The Morgan fingerprint density at radius 3 is 2.35 bits per heavy atom. The topological polar surface area (TPSA) is 52.4 Å². The van der Waals surface area contributed by atoms with E-state index in [1.165, 1.54) is 18.2 Å². The number of benzene rings is 1. The third kappa shape index (κ3) is 12.3. The molecule has 0 aromatic heterocycles. The van der Waals surface area contributed by atoms with Crippen molar-refractivity contribution in [2.75, 3.05) is 13.1 Å². The number of halogens is 2. The van der Waals surface area contributed by atoms with Gasteiger partial charge in [-0.25, -0.2) is 8.78 Å². The summed E-state index contributed by atoms with van der Waals surface area (Å²) in [4.78, 5) is 0. The maximum absolute atomic E-state index is 14.1. The highest BCUT2D eigenvalue weighted by atomic mass is 19.1. The average Bonchev–Trinajstić information content (AvgIpc) is 2.92. The fraction of sp³-hybridized carbons (Fsp3) is 0.457. The van der Waals surface area contributed by atoms with Gasteiger partial charge in [0.15, 0.2) is 0 Å². The Labute approximate surface area is 243 Å². The number of nitrogens with two attached hydrogens (primary N) is 1. The van der Waals surface area contributed by atoms with Crippen molar-refractivity contribution in [2.45, 2.75) is 87.0 Å². The zero-order valence-corrected chi connectivity index (χ0v) is 26.3. The second-order valence-corrected chi connectivity index (χ2v) is 10.6. The minimum atomic E-state index is -0.570. The molecule has 0 aliphatic heterocycles. The molecule has 1 aromatic carbocycles. The first-order chi connectivity index (χ1) is 18.9. The Hall–Kier alpha value is -3.23. The maximum atomic E-state index is 14.1. The molecule has 0 aliphatic rings. The Kier molecular flexibility index (Phi) is 17.4. The third-order valence-electron chi connectivity index (χ3n) is 6.56. The number of nitriles is 1. The SMILES string of the molecule is C=C(/C=C(F)\C=C/C)C(C)(C)\C(=C/C=C(C#N)/C=C/CC(C)(C)c1cc(F)ccc1[NH2+]CCC)NCCC.CC. The summed E-state index contributed by atoms with van der Waals surface area (Å²) in [5.74, 6) is -0.599. The standard InChI is InChI=1S/C33H45F2N3.C2H6/c1-9-13-27(34)22-25(4)33(7,8)31(38-21-11-3)18-15-26(24-36)14-12-19-32(5,6)29-23-28(35)16-17-30(29)37-20-10-2;1-2/h9,12-18,22-23,37-38H,4,10-11,19-21H2,1-3,5-8H3;1-2H3/p+1/b13-9-,14-12+,26-15-,27-22+,31-18+;. The molecular formula is C35H52F2N3+. The molecule has 0 radical (unpaired) electrons. The molecule has 40 heavy (non-hydrogen) atoms. The van der Waals surface area contributed by atoms with Crippen molar-refractivity contribution in [1.82, 2.24) is 5.32 Å². The lowest BCUT2D eigenvalue weighted by atomic mass is 9.80. The molecule has 0 heterocycles. The van der Waals surface area contributed by atoms with Gasteiger partial charge >= 0.3 is 0 Å². The van der Waals surface area contributed by atoms with Crippen LogP contribution >= 0.6 is 0 Å². The van der Waals surface area contributed by atoms with E-state index in [0.717, 1.165) is 42.9 Å². The van der Waals surface area contributed by atoms with Crippen LogP contribution in [0.25, 0.3) is 0 Å². The van der Waals surface area contributed by atoms with Gasteiger partial charge < -0.3 is 10.6 Å². The highest BCUT2D eigenvalue weighted by molar-refractivity contribution is 5.45. The van der Waals surface area contributed by atoms with Gasteiger partial charge in [0.2, 0.25) is 0 Å². The van der Waals surface area contributed by atoms with E-state index >= 15 is 0 Å². The largest absolute Gasteiger partial charge is 0.388 e. The first-order valence-corrected chi connectivity index (χ1v) is 14.5. The molecule has 0 unspecified atom stereocenters. The molecule has 3 N–H and O–H groups in total. The Morgan fingerprint density at radius 2 is 1.77 bits per heavy atom. The summed E-state index contributed by atoms with van der Waals surface area (Å²) >= 11 is 0. The number of rotatable bonds is 15. The summed E-state index contributed by atoms with van der Waals surface area (Å²) in [5, 5.41) is 15.3. The minimum Gasteiger partial charge on any atom is -0.388 e. The van der Waals surface area contributed by atoms with E-state index < -0.39 is 5.41 Å². The average molecular weight is 553 g/mol. The Morgan fingerprint density at radius 1 is 1.10 bits per heavy atom. The molecule has 3 nitrogen and oxygen atoms in total. The van der Waals surface area contributed by atoms with Crippen LogP contribution < -0.4 is 10.6 Å². The van der Waals surface area contributed by atoms with Crippen molar-refractivity contribution < 1.29 is 14.1 Å². The normalized spacial score (nSPS) is 13.3. The van der Waals surface area contributed by atoms with E-state index in [0.29, 0.717) is 17.6 Å². The number of hydrogen-bond donors (Lipinski definition) is 2. The summed E-state index contributed by atoms with van der Waals surface area (Å²) in [6, 6.07) is 7.22. The smallest absolute Gasteiger partial charge is 0.133 e. The predicted molar refractivity (Wildman–Crippen MR) is 168 cm³/mol. The van der Waals surface area contributed by atoms with Crippen LogP contribution in [0, 0.1) is 22.6 Å². The van der Waals surface area contributed by atoms with E-state index in [1.807, 2.05) is 45.9 Å². The first-order valence-electron chi connectivity index (χ1n) is 14.5. The van der Waals surface area contributed by atoms with Crippen molar-refractivity contribution in [3.8, 4) is 6.07 Å². The van der Waals surface area contributed by atoms with E-state index in [4.69, 9.17) is 0 Å². The molecule has 0 saturated heterocycles. The molecule has 0 bridgehead atoms. The summed E-state index contributed by atoms with van der Waals surface area (Å²) < 4.78 is 28.2. The molecule has 5 heteroatoms. The number of nitrogens with one attached hydrogen (secondary N) is 1. The summed E-state index contributed by atoms with van der Waals surface area (Å²) in [6.07, 6.45) is 14.5. The first kappa shape index (κ1) is 36.8. The number of nitrogens with zero attached hydrogens (tertiary/aromatic N) is 1. The quantitative estimate of drug-likeness (QED) is 0.130. The lowest BCUT2D eigenvalue weighted by molar-refractivity contribution is -0.572. The van der Waals surface area contributed by atoms with E-state index in [-0.39, 0.29) is 17.1 Å². The van der Waals surface area contributed by atoms with Gasteiger partial charge in [-0.15, -0.1) is 0 Å². The van der Waals surface area contributed by atoms with E-state index in [1.54, 1.807) is 31.2 Å². The number of quaternary nitrogens is 1. The molecule has 0 saturated carbocycles. The van der Waals surface area contributed by atoms with Crippen LogP contribution in [0.3, 0.4) is 0 Å². The maximum Gasteiger partial charge on any atom is 0.133 e. The van der Waals surface area contributed by atoms with Crippen molar-refractivity contribution in [1.29, 1.82) is 5.26 Å². The number of hydrogen-bond acceptors (Lipinski definition) is 2. The van der Waals surface area contributed by atoms with Crippen LogP contribution in [-0.4, -0.2) is 13.1 Å². The van der Waals surface area contributed by atoms with Gasteiger partial charge in [-0.1, -0.05) is 74.1 Å². The Balaban J connectivity index is 0.00000742. The lowest BCUT2D eigenvalue weighted by Gasteiger charge is -2.30. The second-order valence-electron chi connectivity index (χ2n) is 10.6. The van der Waals surface area contributed by atoms with Crippen LogP contribution in [0.4, 0.5) is 14.5 Å². The molecule has 220 valence electrons. The van der Waals surface area contributed by atoms with Crippen LogP contribution in [-0.2, 0) is 5.41 Å². The van der Waals surface area contributed by atoms with Gasteiger partial charge in [0.1, 0.15) is 17.3 Å². The molecule has 0 amide bonds. The van der Waals surface area contributed by atoms with Gasteiger partial charge in [0.25, 0.3) is 0 Å². The highest BCUT2D eigenvalue weighted by Crippen LogP contribution is 2.35. The molecule has 0 atom stereocenters. The molecule has 0 spiro atoms. The molecule has 1 aromatic rings. The van der Waals surface area contributed by atoms with Crippen LogP contribution in [0.5, 0.6) is 0 Å². The molecule has 0 fully saturated rings. The molecule has 1 rings (SSSR count). The third-order valence-corrected chi connectivity index (χ3v) is 6.56. The monoisotopic (exact) mass is 552 g/mol. The van der Waals surface area contributed by atoms with Crippen LogP contribution in [0.2, 0.25) is 0 Å². The molecule has 0 aliphatic carbocycles. The van der Waals surface area contributed by atoms with E-state index in [2.05, 4.69) is 51.0 Å². The predicted octanol–water partition coefficient (Wildman–Crippen LogP) is 9.03. The van der Waals surface area contributed by atoms with Crippen molar-refractivity contribution >= 4 is 5.69 Å². The summed E-state index contributed by atoms with van der Waals surface area (Å²) in [7, 11) is 0. The van der Waals surface area contributed by atoms with Crippen LogP contribution in [0.1, 0.15) is 87.1 Å². The van der Waals surface area contributed by atoms with Gasteiger partial charge in [0.05, 0.1) is 18.2 Å². The fourth-order valence-electron chi connectivity index (χ4n) is 3.96. The van der Waals surface area contributed by atoms with Gasteiger partial charge in [0, 0.05) is 29.3 Å². The zero-order chi connectivity index (χ0) is 30.8. The summed E-state index contributed by atoms with van der Waals surface area (Å²) in [5.41, 5.74) is 3.10. The number of allylic oxidation sites excluding steroid dienone is 10. The van der Waals surface area contributed by atoms with Gasteiger partial charge in [-0.2, -0.15) is 5.26 Å². The lowest BCUT2D eigenvalue weighted by Crippen LogP contribution is -2.78. The van der Waals surface area contributed by atoms with Crippen molar-refractivity contribution in [3.63, 3.8) is 0 Å². The molecular weight excluding hydrogens is 500 g/mol. The Bertz CT molecular complexity index is 1130. The summed E-state index contributed by atoms with van der Waals surface area (Å²) in [6.45, 7) is 23.9. The second kappa shape index (κ2) is 19.0. The van der Waals surface area contributed by atoms with Crippen molar-refractivity contribution in [2.24, 2.45) is 5.41 Å². The minimum absolute atomic E-state index is 0.245.